The lowest BCUT2D eigenvalue weighted by Crippen LogP contribution is -2.03. The van der Waals surface area contributed by atoms with Crippen molar-refractivity contribution in [1.29, 1.82) is 0 Å². The Morgan fingerprint density at radius 3 is 2.13 bits per heavy atom. The second-order valence-electron chi connectivity index (χ2n) is 2.43. The van der Waals surface area contributed by atoms with Crippen molar-refractivity contribution >= 4 is 16.1 Å². The van der Waals surface area contributed by atoms with Crippen LogP contribution in [0.2, 0.25) is 0 Å². The number of carbonyl (C=O) groups excluding carboxylic acids is 1. The van der Waals surface area contributed by atoms with E-state index in [-0.39, 0.29) is 5.97 Å². The molecule has 0 atom stereocenters. The lowest BCUT2D eigenvalue weighted by Gasteiger charge is -1.96. The highest BCUT2D eigenvalue weighted by molar-refractivity contribution is 7.86. The van der Waals surface area contributed by atoms with Gasteiger partial charge in [0.2, 0.25) is 0 Å². The minimum atomic E-state index is -3.91. The van der Waals surface area contributed by atoms with Crippen molar-refractivity contribution in [2.45, 2.75) is 13.8 Å². The van der Waals surface area contributed by atoms with Crippen molar-refractivity contribution in [2.75, 3.05) is 12.4 Å². The molecule has 0 aliphatic carbocycles. The average molecular weight is 234 g/mol. The predicted octanol–water partition coefficient (Wildman–Crippen LogP) is 0.633. The Bertz CT molecular complexity index is 347. The van der Waals surface area contributed by atoms with Crippen LogP contribution in [0.5, 0.6) is 0 Å². The molecule has 0 saturated carbocycles. The molecular weight excluding hydrogens is 220 g/mol. The zero-order valence-electron chi connectivity index (χ0n) is 8.69. The summed E-state index contributed by atoms with van der Waals surface area (Å²) in [6.45, 7) is 7.21. The fraction of sp³-hybridized carbons (Fsp3) is 0.444. The molecule has 15 heavy (non-hydrogen) atoms. The van der Waals surface area contributed by atoms with Gasteiger partial charge >= 0.3 is 5.97 Å². The third-order valence-corrected chi connectivity index (χ3v) is 1.42. The van der Waals surface area contributed by atoms with Gasteiger partial charge in [0, 0.05) is 5.57 Å². The molecule has 0 amide bonds. The van der Waals surface area contributed by atoms with E-state index in [1.54, 1.807) is 19.8 Å². The number of terminal acetylenes is 1. The zero-order chi connectivity index (χ0) is 12.5. The quantitative estimate of drug-likeness (QED) is 0.335. The molecule has 0 unspecified atom stereocenters. The molecule has 0 spiro atoms. The maximum atomic E-state index is 10.4. The van der Waals surface area contributed by atoms with E-state index in [1.165, 1.54) is 0 Å². The maximum absolute atomic E-state index is 10.4. The van der Waals surface area contributed by atoms with Gasteiger partial charge in [-0.15, -0.1) is 6.42 Å². The van der Waals surface area contributed by atoms with E-state index in [9.17, 15) is 13.2 Å². The van der Waals surface area contributed by atoms with Gasteiger partial charge in [0.05, 0.1) is 6.61 Å². The molecule has 0 bridgehead atoms. The SMILES string of the molecule is C#CCS(=O)(=O)O.C=C(C)C(=O)OCC. The van der Waals surface area contributed by atoms with Crippen LogP contribution in [0.3, 0.4) is 0 Å². The first-order valence-electron chi connectivity index (χ1n) is 3.95. The van der Waals surface area contributed by atoms with Crippen LogP contribution in [0.4, 0.5) is 0 Å². The normalized spacial score (nSPS) is 9.20. The lowest BCUT2D eigenvalue weighted by atomic mass is 10.4. The molecule has 0 fully saturated rings. The summed E-state index contributed by atoms with van der Waals surface area (Å²) in [5, 5.41) is 0. The predicted molar refractivity (Wildman–Crippen MR) is 56.7 cm³/mol. The third kappa shape index (κ3) is 15.4. The molecule has 86 valence electrons. The topological polar surface area (TPSA) is 80.7 Å². The Labute approximate surface area is 89.9 Å². The van der Waals surface area contributed by atoms with Crippen LogP contribution >= 0.6 is 0 Å². The highest BCUT2D eigenvalue weighted by atomic mass is 32.2. The summed E-state index contributed by atoms with van der Waals surface area (Å²) in [4.78, 5) is 10.4. The minimum absolute atomic E-state index is 0.312. The second-order valence-corrected chi connectivity index (χ2v) is 3.88. The molecule has 0 saturated heterocycles. The first kappa shape index (κ1) is 16.1. The van der Waals surface area contributed by atoms with Crippen molar-refractivity contribution in [3.05, 3.63) is 12.2 Å². The van der Waals surface area contributed by atoms with E-state index >= 15 is 0 Å². The van der Waals surface area contributed by atoms with Crippen molar-refractivity contribution < 1.29 is 22.5 Å². The summed E-state index contributed by atoms with van der Waals surface area (Å²) < 4.78 is 31.7. The molecule has 0 aliphatic rings. The van der Waals surface area contributed by atoms with E-state index in [0.29, 0.717) is 12.2 Å². The number of esters is 1. The molecule has 0 aromatic heterocycles. The smallest absolute Gasteiger partial charge is 0.333 e. The van der Waals surface area contributed by atoms with Gasteiger partial charge in [-0.1, -0.05) is 12.5 Å². The van der Waals surface area contributed by atoms with Gasteiger partial charge in [-0.05, 0) is 13.8 Å². The Balaban J connectivity index is 0. The lowest BCUT2D eigenvalue weighted by molar-refractivity contribution is -0.138. The molecule has 6 heteroatoms. The number of hydrogen-bond donors (Lipinski definition) is 1. The van der Waals surface area contributed by atoms with E-state index in [4.69, 9.17) is 4.55 Å². The van der Waals surface area contributed by atoms with Crippen LogP contribution in [0.1, 0.15) is 13.8 Å². The van der Waals surface area contributed by atoms with Crippen molar-refractivity contribution in [3.8, 4) is 12.3 Å². The first-order chi connectivity index (χ1) is 6.74. The summed E-state index contributed by atoms with van der Waals surface area (Å²) in [6, 6.07) is 0. The van der Waals surface area contributed by atoms with Gasteiger partial charge < -0.3 is 4.74 Å². The number of carbonyl (C=O) groups is 1. The summed E-state index contributed by atoms with van der Waals surface area (Å²) in [5.74, 6) is 0.853. The van der Waals surface area contributed by atoms with Crippen LogP contribution in [0, 0.1) is 12.3 Å². The van der Waals surface area contributed by atoms with Gasteiger partial charge in [0.1, 0.15) is 5.75 Å². The molecule has 0 aromatic rings. The molecule has 0 aliphatic heterocycles. The maximum Gasteiger partial charge on any atom is 0.333 e. The fourth-order valence-corrected chi connectivity index (χ4v) is 0.570. The average Bonchev–Trinajstić information content (AvgIpc) is 2.03. The summed E-state index contributed by atoms with van der Waals surface area (Å²) in [5.41, 5.74) is 0.451. The van der Waals surface area contributed by atoms with Gasteiger partial charge in [0.25, 0.3) is 10.1 Å². The van der Waals surface area contributed by atoms with Gasteiger partial charge in [-0.2, -0.15) is 8.42 Å². The second kappa shape index (κ2) is 8.03. The Kier molecular flexibility index (Phi) is 8.63. The van der Waals surface area contributed by atoms with Crippen LogP contribution in [0.25, 0.3) is 0 Å². The van der Waals surface area contributed by atoms with Gasteiger partial charge in [-0.3, -0.25) is 4.55 Å². The Morgan fingerprint density at radius 1 is 1.60 bits per heavy atom. The molecule has 1 N–H and O–H groups in total. The number of hydrogen-bond acceptors (Lipinski definition) is 4. The Hall–Kier alpha value is -1.32. The molecule has 0 heterocycles. The molecule has 5 nitrogen and oxygen atoms in total. The number of ether oxygens (including phenoxy) is 1. The fourth-order valence-electron chi connectivity index (χ4n) is 0.360. The van der Waals surface area contributed by atoms with E-state index in [0.717, 1.165) is 0 Å². The van der Waals surface area contributed by atoms with E-state index in [2.05, 4.69) is 17.7 Å². The molecule has 0 aromatic carbocycles. The van der Waals surface area contributed by atoms with Gasteiger partial charge in [-0.25, -0.2) is 4.79 Å². The van der Waals surface area contributed by atoms with Gasteiger partial charge in [0.15, 0.2) is 0 Å². The summed E-state index contributed by atoms with van der Waals surface area (Å²) in [7, 11) is -3.91. The number of rotatable bonds is 3. The first-order valence-corrected chi connectivity index (χ1v) is 5.56. The van der Waals surface area contributed by atoms with Crippen LogP contribution in [-0.2, 0) is 19.6 Å². The van der Waals surface area contributed by atoms with E-state index in [1.807, 2.05) is 0 Å². The van der Waals surface area contributed by atoms with Crippen LogP contribution in [0.15, 0.2) is 12.2 Å². The van der Waals surface area contributed by atoms with E-state index < -0.39 is 15.9 Å². The van der Waals surface area contributed by atoms with Crippen molar-refractivity contribution in [3.63, 3.8) is 0 Å². The van der Waals surface area contributed by atoms with Crippen molar-refractivity contribution in [1.82, 2.24) is 0 Å². The molecule has 0 rings (SSSR count). The minimum Gasteiger partial charge on any atom is -0.463 e. The Morgan fingerprint density at radius 2 is 2.07 bits per heavy atom. The monoisotopic (exact) mass is 234 g/mol. The summed E-state index contributed by atoms with van der Waals surface area (Å²) >= 11 is 0. The summed E-state index contributed by atoms with van der Waals surface area (Å²) in [6.07, 6.45) is 4.53. The molecular formula is C9H14O5S. The third-order valence-electron chi connectivity index (χ3n) is 0.890. The van der Waals surface area contributed by atoms with Crippen LogP contribution in [-0.4, -0.2) is 31.3 Å². The largest absolute Gasteiger partial charge is 0.463 e. The standard InChI is InChI=1S/C6H10O2.C3H4O3S/c1-4-8-6(7)5(2)3;1-2-3-7(4,5)6/h2,4H2,1,3H3;1H,3H2,(H,4,5,6). The molecule has 0 radical (unpaired) electrons. The van der Waals surface area contributed by atoms with Crippen molar-refractivity contribution in [2.24, 2.45) is 0 Å². The zero-order valence-corrected chi connectivity index (χ0v) is 9.50. The van der Waals surface area contributed by atoms with Crippen LogP contribution < -0.4 is 0 Å². The highest BCUT2D eigenvalue weighted by Crippen LogP contribution is 1.89. The highest BCUT2D eigenvalue weighted by Gasteiger charge is 1.98.